The molecule has 1 N–H and O–H groups in total. The number of rotatable bonds is 3. The van der Waals surface area contributed by atoms with Crippen LogP contribution in [0.3, 0.4) is 0 Å². The third-order valence-corrected chi connectivity index (χ3v) is 4.01. The molecule has 0 radical (unpaired) electrons. The molecule has 2 rings (SSSR count). The summed E-state index contributed by atoms with van der Waals surface area (Å²) in [5, 5.41) is 10.4. The number of benzene rings is 2. The largest absolute Gasteiger partial charge is 0.480 e. The summed E-state index contributed by atoms with van der Waals surface area (Å²) in [5.74, 6) is -0.933. The van der Waals surface area contributed by atoms with Gasteiger partial charge < -0.3 is 5.11 Å². The van der Waals surface area contributed by atoms with Crippen molar-refractivity contribution in [3.05, 3.63) is 69.7 Å². The van der Waals surface area contributed by atoms with Crippen molar-refractivity contribution in [1.82, 2.24) is 0 Å². The lowest BCUT2D eigenvalue weighted by atomic mass is 9.76. The van der Waals surface area contributed by atoms with Gasteiger partial charge >= 0.3 is 5.97 Å². The molecule has 4 heteroatoms. The minimum absolute atomic E-state index is 0.350. The molecule has 0 saturated heterocycles. The Labute approximate surface area is 121 Å². The van der Waals surface area contributed by atoms with Crippen molar-refractivity contribution >= 4 is 29.2 Å². The van der Waals surface area contributed by atoms with Crippen LogP contribution in [0.1, 0.15) is 18.1 Å². The SMILES string of the molecule is CC(C(=O)O)(c1ccccc1)c1ccc(Cl)c(Cl)c1. The molecule has 1 unspecified atom stereocenters. The van der Waals surface area contributed by atoms with Crippen LogP contribution < -0.4 is 0 Å². The number of carbonyl (C=O) groups is 1. The third kappa shape index (κ3) is 2.46. The van der Waals surface area contributed by atoms with E-state index in [4.69, 9.17) is 23.2 Å². The predicted octanol–water partition coefficient (Wildman–Crippen LogP) is 4.38. The highest BCUT2D eigenvalue weighted by Gasteiger charge is 2.37. The standard InChI is InChI=1S/C15H12Cl2O2/c1-15(14(18)19,10-5-3-2-4-6-10)11-7-8-12(16)13(17)9-11/h2-9H,1H3,(H,18,19). The van der Waals surface area contributed by atoms with Gasteiger partial charge in [-0.05, 0) is 30.2 Å². The number of halogens is 2. The first-order chi connectivity index (χ1) is 8.96. The van der Waals surface area contributed by atoms with Crippen LogP contribution in [-0.4, -0.2) is 11.1 Å². The van der Waals surface area contributed by atoms with Gasteiger partial charge in [0.15, 0.2) is 0 Å². The average molecular weight is 295 g/mol. The van der Waals surface area contributed by atoms with Crippen molar-refractivity contribution in [2.24, 2.45) is 0 Å². The summed E-state index contributed by atoms with van der Waals surface area (Å²) in [6.07, 6.45) is 0. The summed E-state index contributed by atoms with van der Waals surface area (Å²) in [6.45, 7) is 1.66. The zero-order valence-corrected chi connectivity index (χ0v) is 11.7. The molecule has 0 aliphatic heterocycles. The van der Waals surface area contributed by atoms with Gasteiger partial charge in [-0.25, -0.2) is 0 Å². The van der Waals surface area contributed by atoms with Crippen LogP contribution in [0.2, 0.25) is 10.0 Å². The quantitative estimate of drug-likeness (QED) is 0.912. The van der Waals surface area contributed by atoms with Crippen LogP contribution in [0.25, 0.3) is 0 Å². The minimum Gasteiger partial charge on any atom is -0.480 e. The normalized spacial score (nSPS) is 13.8. The number of hydrogen-bond donors (Lipinski definition) is 1. The molecule has 2 nitrogen and oxygen atoms in total. The Kier molecular flexibility index (Phi) is 3.83. The number of hydrogen-bond acceptors (Lipinski definition) is 1. The van der Waals surface area contributed by atoms with Crippen molar-refractivity contribution in [1.29, 1.82) is 0 Å². The monoisotopic (exact) mass is 294 g/mol. The second kappa shape index (κ2) is 5.24. The summed E-state index contributed by atoms with van der Waals surface area (Å²) in [6, 6.07) is 14.0. The maximum atomic E-state index is 11.7. The van der Waals surface area contributed by atoms with E-state index in [1.807, 2.05) is 18.2 Å². The predicted molar refractivity (Wildman–Crippen MR) is 77.0 cm³/mol. The van der Waals surface area contributed by atoms with Crippen molar-refractivity contribution in [3.8, 4) is 0 Å². The number of carboxylic acid groups (broad SMARTS) is 1. The molecule has 19 heavy (non-hydrogen) atoms. The molecule has 2 aromatic rings. The van der Waals surface area contributed by atoms with Gasteiger partial charge in [0, 0.05) is 0 Å². The Bertz CT molecular complexity index is 611. The third-order valence-electron chi connectivity index (χ3n) is 3.28. The molecular formula is C15H12Cl2O2. The summed E-state index contributed by atoms with van der Waals surface area (Å²) in [5.41, 5.74) is 0.136. The summed E-state index contributed by atoms with van der Waals surface area (Å²) in [4.78, 5) is 11.7. The zero-order valence-electron chi connectivity index (χ0n) is 10.2. The van der Waals surface area contributed by atoms with Gasteiger partial charge in [-0.15, -0.1) is 0 Å². The van der Waals surface area contributed by atoms with Crippen molar-refractivity contribution < 1.29 is 9.90 Å². The van der Waals surface area contributed by atoms with Crippen molar-refractivity contribution in [3.63, 3.8) is 0 Å². The molecule has 0 aromatic heterocycles. The Morgan fingerprint density at radius 3 is 2.16 bits per heavy atom. The van der Waals surface area contributed by atoms with Gasteiger partial charge in [0.1, 0.15) is 5.41 Å². The van der Waals surface area contributed by atoms with Crippen LogP contribution in [0.4, 0.5) is 0 Å². The molecule has 0 fully saturated rings. The fourth-order valence-electron chi connectivity index (χ4n) is 1.99. The van der Waals surface area contributed by atoms with Crippen LogP contribution in [0.5, 0.6) is 0 Å². The van der Waals surface area contributed by atoms with Crippen LogP contribution in [0, 0.1) is 0 Å². The molecule has 0 amide bonds. The molecule has 0 saturated carbocycles. The first kappa shape index (κ1) is 13.9. The highest BCUT2D eigenvalue weighted by atomic mass is 35.5. The Morgan fingerprint density at radius 1 is 1.00 bits per heavy atom. The zero-order chi connectivity index (χ0) is 14.0. The van der Waals surface area contributed by atoms with E-state index in [0.717, 1.165) is 0 Å². The molecule has 0 spiro atoms. The maximum absolute atomic E-state index is 11.7. The van der Waals surface area contributed by atoms with Gasteiger partial charge in [0.05, 0.1) is 10.0 Å². The Balaban J connectivity index is 2.63. The molecule has 2 aromatic carbocycles. The second-order valence-electron chi connectivity index (χ2n) is 4.43. The Hall–Kier alpha value is -1.51. The number of aliphatic carboxylic acids is 1. The lowest BCUT2D eigenvalue weighted by molar-refractivity contribution is -0.141. The summed E-state index contributed by atoms with van der Waals surface area (Å²) < 4.78 is 0. The molecule has 0 aliphatic rings. The fraction of sp³-hybridized carbons (Fsp3) is 0.133. The van der Waals surface area contributed by atoms with Crippen LogP contribution in [-0.2, 0) is 10.2 Å². The molecule has 0 aliphatic carbocycles. The van der Waals surface area contributed by atoms with Crippen molar-refractivity contribution in [2.45, 2.75) is 12.3 Å². The molecule has 0 bridgehead atoms. The van der Waals surface area contributed by atoms with Gasteiger partial charge in [0.2, 0.25) is 0 Å². The molecular weight excluding hydrogens is 283 g/mol. The molecule has 0 heterocycles. The molecule has 1 atom stereocenters. The van der Waals surface area contributed by atoms with E-state index >= 15 is 0 Å². The van der Waals surface area contributed by atoms with E-state index in [2.05, 4.69) is 0 Å². The Morgan fingerprint density at radius 2 is 1.63 bits per heavy atom. The van der Waals surface area contributed by atoms with Crippen LogP contribution >= 0.6 is 23.2 Å². The van der Waals surface area contributed by atoms with Gasteiger partial charge in [-0.3, -0.25) is 4.79 Å². The fourth-order valence-corrected chi connectivity index (χ4v) is 2.29. The number of carboxylic acids is 1. The van der Waals surface area contributed by atoms with Gasteiger partial charge in [-0.2, -0.15) is 0 Å². The summed E-state index contributed by atoms with van der Waals surface area (Å²) >= 11 is 11.9. The van der Waals surface area contributed by atoms with E-state index in [1.165, 1.54) is 0 Å². The smallest absolute Gasteiger partial charge is 0.318 e. The topological polar surface area (TPSA) is 37.3 Å². The van der Waals surface area contributed by atoms with E-state index < -0.39 is 11.4 Å². The highest BCUT2D eigenvalue weighted by Crippen LogP contribution is 2.35. The van der Waals surface area contributed by atoms with Gasteiger partial charge in [-0.1, -0.05) is 59.6 Å². The van der Waals surface area contributed by atoms with Crippen LogP contribution in [0.15, 0.2) is 48.5 Å². The van der Waals surface area contributed by atoms with Crippen molar-refractivity contribution in [2.75, 3.05) is 0 Å². The minimum atomic E-state index is -1.16. The molecule has 98 valence electrons. The van der Waals surface area contributed by atoms with Gasteiger partial charge in [0.25, 0.3) is 0 Å². The lowest BCUT2D eigenvalue weighted by Crippen LogP contribution is -2.33. The van der Waals surface area contributed by atoms with E-state index in [-0.39, 0.29) is 0 Å². The first-order valence-electron chi connectivity index (χ1n) is 5.70. The van der Waals surface area contributed by atoms with E-state index in [1.54, 1.807) is 37.3 Å². The second-order valence-corrected chi connectivity index (χ2v) is 5.24. The highest BCUT2D eigenvalue weighted by molar-refractivity contribution is 6.42. The van der Waals surface area contributed by atoms with E-state index in [0.29, 0.717) is 21.2 Å². The summed E-state index contributed by atoms with van der Waals surface area (Å²) in [7, 11) is 0. The van der Waals surface area contributed by atoms with E-state index in [9.17, 15) is 9.90 Å². The average Bonchev–Trinajstić information content (AvgIpc) is 2.41. The lowest BCUT2D eigenvalue weighted by Gasteiger charge is -2.26. The first-order valence-corrected chi connectivity index (χ1v) is 6.46. The maximum Gasteiger partial charge on any atom is 0.318 e.